The highest BCUT2D eigenvalue weighted by Crippen LogP contribution is 2.08. The molecule has 1 unspecified atom stereocenters. The summed E-state index contributed by atoms with van der Waals surface area (Å²) in [6, 6.07) is 0. The molecule has 1 atom stereocenters. The van der Waals surface area contributed by atoms with E-state index in [9.17, 15) is 0 Å². The SMILES string of the molecule is ClC1C=CC=CC1. The number of halogens is 1. The Hall–Kier alpha value is -0.230. The van der Waals surface area contributed by atoms with Crippen molar-refractivity contribution in [2.75, 3.05) is 0 Å². The van der Waals surface area contributed by atoms with Crippen LogP contribution in [0.2, 0.25) is 0 Å². The predicted octanol–water partition coefficient (Wildman–Crippen LogP) is 2.11. The van der Waals surface area contributed by atoms with Crippen LogP contribution in [0.4, 0.5) is 0 Å². The molecule has 0 aromatic heterocycles. The third-order valence-electron chi connectivity index (χ3n) is 0.928. The Balaban J connectivity index is 2.49. The van der Waals surface area contributed by atoms with Gasteiger partial charge in [-0.25, -0.2) is 0 Å². The largest absolute Gasteiger partial charge is 0.118 e. The molecular formula is C6H7Cl. The van der Waals surface area contributed by atoms with E-state index in [1.54, 1.807) is 0 Å². The van der Waals surface area contributed by atoms with Gasteiger partial charge in [0.1, 0.15) is 0 Å². The summed E-state index contributed by atoms with van der Waals surface area (Å²) in [4.78, 5) is 0. The Morgan fingerprint density at radius 1 is 1.43 bits per heavy atom. The molecular weight excluding hydrogens is 108 g/mol. The average Bonchev–Trinajstić information content (AvgIpc) is 1.69. The summed E-state index contributed by atoms with van der Waals surface area (Å²) in [5.74, 6) is 0. The first kappa shape index (κ1) is 4.92. The fourth-order valence-corrected chi connectivity index (χ4v) is 0.737. The molecule has 0 spiro atoms. The zero-order valence-corrected chi connectivity index (χ0v) is 4.73. The van der Waals surface area contributed by atoms with E-state index in [1.165, 1.54) is 0 Å². The monoisotopic (exact) mass is 114 g/mol. The van der Waals surface area contributed by atoms with Gasteiger partial charge in [-0.15, -0.1) is 11.6 Å². The first-order chi connectivity index (χ1) is 3.39. The normalized spacial score (nSPS) is 28.4. The summed E-state index contributed by atoms with van der Waals surface area (Å²) in [5, 5.41) is 0.241. The van der Waals surface area contributed by atoms with Crippen molar-refractivity contribution in [1.29, 1.82) is 0 Å². The lowest BCUT2D eigenvalue weighted by Gasteiger charge is -1.99. The zero-order valence-electron chi connectivity index (χ0n) is 3.97. The van der Waals surface area contributed by atoms with Crippen molar-refractivity contribution in [3.63, 3.8) is 0 Å². The molecule has 0 nitrogen and oxygen atoms in total. The molecule has 0 heterocycles. The van der Waals surface area contributed by atoms with Crippen LogP contribution in [0, 0.1) is 0 Å². The average molecular weight is 115 g/mol. The second-order valence-electron chi connectivity index (χ2n) is 1.56. The molecule has 0 aromatic carbocycles. The van der Waals surface area contributed by atoms with Gasteiger partial charge in [0.15, 0.2) is 0 Å². The maximum Gasteiger partial charge on any atom is 0.0553 e. The lowest BCUT2D eigenvalue weighted by molar-refractivity contribution is 1.04. The predicted molar refractivity (Wildman–Crippen MR) is 32.5 cm³/mol. The van der Waals surface area contributed by atoms with Gasteiger partial charge in [-0.3, -0.25) is 0 Å². The van der Waals surface area contributed by atoms with Crippen LogP contribution in [0.1, 0.15) is 6.42 Å². The van der Waals surface area contributed by atoms with Gasteiger partial charge in [-0.2, -0.15) is 0 Å². The van der Waals surface area contributed by atoms with E-state index in [-0.39, 0.29) is 5.38 Å². The molecule has 0 aliphatic heterocycles. The number of hydrogen-bond donors (Lipinski definition) is 0. The van der Waals surface area contributed by atoms with Crippen LogP contribution in [-0.2, 0) is 0 Å². The minimum absolute atomic E-state index is 0.241. The summed E-state index contributed by atoms with van der Waals surface area (Å²) in [7, 11) is 0. The summed E-state index contributed by atoms with van der Waals surface area (Å²) in [5.41, 5.74) is 0. The van der Waals surface area contributed by atoms with Gasteiger partial charge in [-0.05, 0) is 6.42 Å². The smallest absolute Gasteiger partial charge is 0.0553 e. The highest BCUT2D eigenvalue weighted by molar-refractivity contribution is 6.21. The van der Waals surface area contributed by atoms with Crippen LogP contribution < -0.4 is 0 Å². The Labute approximate surface area is 48.5 Å². The molecule has 1 rings (SSSR count). The van der Waals surface area contributed by atoms with E-state index in [1.807, 2.05) is 18.2 Å². The molecule has 0 fully saturated rings. The lowest BCUT2D eigenvalue weighted by atomic mass is 10.2. The summed E-state index contributed by atoms with van der Waals surface area (Å²) in [6.07, 6.45) is 9.03. The second kappa shape index (κ2) is 2.17. The molecule has 0 N–H and O–H groups in total. The Bertz CT molecular complexity index is 103. The maximum atomic E-state index is 5.68. The quantitative estimate of drug-likeness (QED) is 0.423. The standard InChI is InChI=1S/C6H7Cl/c7-6-4-2-1-3-5-6/h1-4,6H,5H2. The summed E-state index contributed by atoms with van der Waals surface area (Å²) >= 11 is 5.68. The Morgan fingerprint density at radius 3 is 2.57 bits per heavy atom. The highest BCUT2D eigenvalue weighted by atomic mass is 35.5. The van der Waals surface area contributed by atoms with E-state index in [4.69, 9.17) is 11.6 Å². The Morgan fingerprint density at radius 2 is 2.29 bits per heavy atom. The van der Waals surface area contributed by atoms with E-state index in [0.29, 0.717) is 0 Å². The van der Waals surface area contributed by atoms with Crippen molar-refractivity contribution in [2.45, 2.75) is 11.8 Å². The molecule has 0 aromatic rings. The summed E-state index contributed by atoms with van der Waals surface area (Å²) < 4.78 is 0. The van der Waals surface area contributed by atoms with Gasteiger partial charge < -0.3 is 0 Å². The van der Waals surface area contributed by atoms with Crippen molar-refractivity contribution in [2.24, 2.45) is 0 Å². The van der Waals surface area contributed by atoms with Crippen LogP contribution in [0.15, 0.2) is 24.3 Å². The number of hydrogen-bond acceptors (Lipinski definition) is 0. The number of rotatable bonds is 0. The summed E-state index contributed by atoms with van der Waals surface area (Å²) in [6.45, 7) is 0. The van der Waals surface area contributed by atoms with E-state index < -0.39 is 0 Å². The van der Waals surface area contributed by atoms with E-state index in [0.717, 1.165) is 6.42 Å². The lowest BCUT2D eigenvalue weighted by Crippen LogP contribution is -1.91. The molecule has 7 heavy (non-hydrogen) atoms. The van der Waals surface area contributed by atoms with Crippen molar-refractivity contribution >= 4 is 11.6 Å². The molecule has 0 bridgehead atoms. The van der Waals surface area contributed by atoms with Gasteiger partial charge in [0.05, 0.1) is 5.38 Å². The first-order valence-electron chi connectivity index (χ1n) is 2.37. The second-order valence-corrected chi connectivity index (χ2v) is 2.13. The molecule has 0 saturated carbocycles. The minimum Gasteiger partial charge on any atom is -0.118 e. The maximum absolute atomic E-state index is 5.68. The van der Waals surface area contributed by atoms with E-state index in [2.05, 4.69) is 6.08 Å². The number of allylic oxidation sites excluding steroid dienone is 4. The topological polar surface area (TPSA) is 0 Å². The van der Waals surface area contributed by atoms with Crippen LogP contribution >= 0.6 is 11.6 Å². The van der Waals surface area contributed by atoms with Crippen LogP contribution in [0.25, 0.3) is 0 Å². The zero-order chi connectivity index (χ0) is 5.11. The highest BCUT2D eigenvalue weighted by Gasteiger charge is 1.95. The molecule has 0 amide bonds. The fourth-order valence-electron chi connectivity index (χ4n) is 0.550. The van der Waals surface area contributed by atoms with Crippen LogP contribution in [0.3, 0.4) is 0 Å². The van der Waals surface area contributed by atoms with Crippen molar-refractivity contribution in [3.05, 3.63) is 24.3 Å². The molecule has 1 aliphatic rings. The molecule has 38 valence electrons. The van der Waals surface area contributed by atoms with Crippen molar-refractivity contribution in [3.8, 4) is 0 Å². The molecule has 0 saturated heterocycles. The van der Waals surface area contributed by atoms with Gasteiger partial charge in [0.25, 0.3) is 0 Å². The van der Waals surface area contributed by atoms with Gasteiger partial charge in [0.2, 0.25) is 0 Å². The van der Waals surface area contributed by atoms with E-state index >= 15 is 0 Å². The fraction of sp³-hybridized carbons (Fsp3) is 0.333. The molecule has 0 radical (unpaired) electrons. The molecule has 1 heteroatoms. The molecule has 1 aliphatic carbocycles. The van der Waals surface area contributed by atoms with Crippen molar-refractivity contribution in [1.82, 2.24) is 0 Å². The number of alkyl halides is 1. The first-order valence-corrected chi connectivity index (χ1v) is 2.80. The van der Waals surface area contributed by atoms with Crippen LogP contribution in [0.5, 0.6) is 0 Å². The van der Waals surface area contributed by atoms with Gasteiger partial charge >= 0.3 is 0 Å². The Kier molecular flexibility index (Phi) is 1.53. The van der Waals surface area contributed by atoms with Crippen LogP contribution in [-0.4, -0.2) is 5.38 Å². The minimum atomic E-state index is 0.241. The van der Waals surface area contributed by atoms with Crippen molar-refractivity contribution < 1.29 is 0 Å². The third kappa shape index (κ3) is 1.36. The third-order valence-corrected chi connectivity index (χ3v) is 1.25. The van der Waals surface area contributed by atoms with Gasteiger partial charge in [0, 0.05) is 0 Å². The van der Waals surface area contributed by atoms with Gasteiger partial charge in [-0.1, -0.05) is 24.3 Å².